The topological polar surface area (TPSA) is 28.2 Å². The molecule has 0 aliphatic carbocycles. The largest absolute Gasteiger partial charge is 0.365 e. The summed E-state index contributed by atoms with van der Waals surface area (Å²) in [5.74, 6) is 0. The van der Waals surface area contributed by atoms with Crippen molar-refractivity contribution in [3.8, 4) is 0 Å². The van der Waals surface area contributed by atoms with Crippen LogP contribution in [0.4, 0.5) is 5.69 Å². The van der Waals surface area contributed by atoms with Gasteiger partial charge in [0.2, 0.25) is 0 Å². The number of hydrogen-bond acceptors (Lipinski definition) is 3. The molecule has 2 rings (SSSR count). The van der Waals surface area contributed by atoms with Crippen LogP contribution < -0.4 is 10.2 Å². The van der Waals surface area contributed by atoms with E-state index in [1.54, 1.807) is 0 Å². The summed E-state index contributed by atoms with van der Waals surface area (Å²) in [7, 11) is 0. The zero-order valence-electron chi connectivity index (χ0n) is 9.53. The molecule has 1 aliphatic heterocycles. The third-order valence-corrected chi connectivity index (χ3v) is 3.01. The van der Waals surface area contributed by atoms with Gasteiger partial charge in [-0.1, -0.05) is 6.92 Å². The fourth-order valence-electron chi connectivity index (χ4n) is 2.16. The number of rotatable bonds is 2. The highest BCUT2D eigenvalue weighted by Gasteiger charge is 2.20. The van der Waals surface area contributed by atoms with Crippen LogP contribution in [0.25, 0.3) is 0 Å². The van der Waals surface area contributed by atoms with Crippen molar-refractivity contribution in [1.29, 1.82) is 0 Å². The number of piperazine rings is 1. The van der Waals surface area contributed by atoms with Crippen LogP contribution in [0.5, 0.6) is 0 Å². The lowest BCUT2D eigenvalue weighted by Crippen LogP contribution is -2.51. The second-order valence-corrected chi connectivity index (χ2v) is 4.18. The smallest absolute Gasteiger partial charge is 0.0558 e. The third-order valence-electron chi connectivity index (χ3n) is 3.01. The lowest BCUT2D eigenvalue weighted by Gasteiger charge is -2.37. The molecular weight excluding hydrogens is 186 g/mol. The minimum Gasteiger partial charge on any atom is -0.365 e. The Kier molecular flexibility index (Phi) is 3.21. The van der Waals surface area contributed by atoms with E-state index in [1.165, 1.54) is 17.7 Å². The standard InChI is InChI=1S/C12H19N3/c1-3-11-8-13-4-5-15(11)12-6-10(2)7-14-9-12/h6-7,9,11,13H,3-5,8H2,1-2H3. The van der Waals surface area contributed by atoms with E-state index in [4.69, 9.17) is 0 Å². The number of nitrogens with zero attached hydrogens (tertiary/aromatic N) is 2. The second kappa shape index (κ2) is 4.62. The van der Waals surface area contributed by atoms with Crippen molar-refractivity contribution in [3.63, 3.8) is 0 Å². The molecule has 82 valence electrons. The Hall–Kier alpha value is -1.09. The summed E-state index contributed by atoms with van der Waals surface area (Å²) in [4.78, 5) is 6.73. The zero-order chi connectivity index (χ0) is 10.7. The SMILES string of the molecule is CCC1CNCCN1c1cncc(C)c1. The maximum atomic E-state index is 4.27. The molecule has 3 nitrogen and oxygen atoms in total. The van der Waals surface area contributed by atoms with Crippen LogP contribution in [-0.2, 0) is 0 Å². The van der Waals surface area contributed by atoms with E-state index in [2.05, 4.69) is 35.1 Å². The molecule has 0 radical (unpaired) electrons. The molecule has 0 spiro atoms. The molecule has 0 amide bonds. The molecule has 1 aliphatic rings. The molecule has 1 saturated heterocycles. The molecule has 1 atom stereocenters. The van der Waals surface area contributed by atoms with Crippen molar-refractivity contribution >= 4 is 5.69 Å². The fraction of sp³-hybridized carbons (Fsp3) is 0.583. The van der Waals surface area contributed by atoms with E-state index in [0.29, 0.717) is 6.04 Å². The minimum absolute atomic E-state index is 0.613. The van der Waals surface area contributed by atoms with Crippen LogP contribution >= 0.6 is 0 Å². The number of aryl methyl sites for hydroxylation is 1. The highest BCUT2D eigenvalue weighted by Crippen LogP contribution is 2.19. The first-order valence-corrected chi connectivity index (χ1v) is 5.70. The quantitative estimate of drug-likeness (QED) is 0.794. The Morgan fingerprint density at radius 1 is 1.53 bits per heavy atom. The molecule has 1 aromatic heterocycles. The van der Waals surface area contributed by atoms with Crippen LogP contribution in [-0.4, -0.2) is 30.7 Å². The Labute approximate surface area is 91.5 Å². The average molecular weight is 205 g/mol. The summed E-state index contributed by atoms with van der Waals surface area (Å²) >= 11 is 0. The maximum absolute atomic E-state index is 4.27. The summed E-state index contributed by atoms with van der Waals surface area (Å²) < 4.78 is 0. The van der Waals surface area contributed by atoms with Gasteiger partial charge in [0, 0.05) is 31.9 Å². The normalized spacial score (nSPS) is 21.7. The van der Waals surface area contributed by atoms with Crippen molar-refractivity contribution in [2.45, 2.75) is 26.3 Å². The van der Waals surface area contributed by atoms with Gasteiger partial charge in [0.15, 0.2) is 0 Å². The Bertz CT molecular complexity index is 324. The van der Waals surface area contributed by atoms with E-state index in [-0.39, 0.29) is 0 Å². The van der Waals surface area contributed by atoms with E-state index in [9.17, 15) is 0 Å². The van der Waals surface area contributed by atoms with E-state index in [0.717, 1.165) is 19.6 Å². The number of pyridine rings is 1. The molecule has 1 aromatic rings. The summed E-state index contributed by atoms with van der Waals surface area (Å²) in [6.45, 7) is 7.59. The van der Waals surface area contributed by atoms with Gasteiger partial charge in [0.25, 0.3) is 0 Å². The first kappa shape index (κ1) is 10.4. The van der Waals surface area contributed by atoms with Crippen LogP contribution in [0.3, 0.4) is 0 Å². The van der Waals surface area contributed by atoms with Gasteiger partial charge in [-0.05, 0) is 25.0 Å². The molecule has 15 heavy (non-hydrogen) atoms. The molecular formula is C12H19N3. The van der Waals surface area contributed by atoms with E-state index < -0.39 is 0 Å². The van der Waals surface area contributed by atoms with E-state index in [1.807, 2.05) is 12.4 Å². The highest BCUT2D eigenvalue weighted by molar-refractivity contribution is 5.47. The molecule has 0 aromatic carbocycles. The van der Waals surface area contributed by atoms with Crippen LogP contribution in [0.2, 0.25) is 0 Å². The Morgan fingerprint density at radius 2 is 2.40 bits per heavy atom. The molecule has 1 N–H and O–H groups in total. The van der Waals surface area contributed by atoms with Crippen molar-refractivity contribution in [2.24, 2.45) is 0 Å². The highest BCUT2D eigenvalue weighted by atomic mass is 15.2. The van der Waals surface area contributed by atoms with Crippen molar-refractivity contribution in [2.75, 3.05) is 24.5 Å². The summed E-state index contributed by atoms with van der Waals surface area (Å²) in [5, 5.41) is 3.44. The lowest BCUT2D eigenvalue weighted by atomic mass is 10.1. The minimum atomic E-state index is 0.613. The number of aromatic nitrogens is 1. The van der Waals surface area contributed by atoms with Gasteiger partial charge in [-0.2, -0.15) is 0 Å². The summed E-state index contributed by atoms with van der Waals surface area (Å²) in [6.07, 6.45) is 5.06. The Morgan fingerprint density at radius 3 is 3.13 bits per heavy atom. The first-order valence-electron chi connectivity index (χ1n) is 5.70. The van der Waals surface area contributed by atoms with Crippen molar-refractivity contribution < 1.29 is 0 Å². The van der Waals surface area contributed by atoms with E-state index >= 15 is 0 Å². The second-order valence-electron chi connectivity index (χ2n) is 4.18. The van der Waals surface area contributed by atoms with Gasteiger partial charge in [-0.3, -0.25) is 4.98 Å². The van der Waals surface area contributed by atoms with Crippen LogP contribution in [0.15, 0.2) is 18.5 Å². The average Bonchev–Trinajstić information content (AvgIpc) is 2.29. The predicted octanol–water partition coefficient (Wildman–Crippen LogP) is 1.58. The fourth-order valence-corrected chi connectivity index (χ4v) is 2.16. The van der Waals surface area contributed by atoms with Crippen LogP contribution in [0, 0.1) is 6.92 Å². The van der Waals surface area contributed by atoms with Gasteiger partial charge in [0.1, 0.15) is 0 Å². The third kappa shape index (κ3) is 2.29. The maximum Gasteiger partial charge on any atom is 0.0558 e. The predicted molar refractivity (Wildman–Crippen MR) is 63.3 cm³/mol. The monoisotopic (exact) mass is 205 g/mol. The van der Waals surface area contributed by atoms with Gasteiger partial charge in [0.05, 0.1) is 11.9 Å². The number of nitrogens with one attached hydrogen (secondary N) is 1. The molecule has 1 fully saturated rings. The molecule has 0 bridgehead atoms. The summed E-state index contributed by atoms with van der Waals surface area (Å²) in [6, 6.07) is 2.84. The molecule has 1 unspecified atom stereocenters. The van der Waals surface area contributed by atoms with Crippen molar-refractivity contribution in [3.05, 3.63) is 24.0 Å². The van der Waals surface area contributed by atoms with Crippen molar-refractivity contribution in [1.82, 2.24) is 10.3 Å². The van der Waals surface area contributed by atoms with Gasteiger partial charge in [-0.15, -0.1) is 0 Å². The molecule has 3 heteroatoms. The first-order chi connectivity index (χ1) is 7.31. The van der Waals surface area contributed by atoms with Crippen LogP contribution in [0.1, 0.15) is 18.9 Å². The van der Waals surface area contributed by atoms with Gasteiger partial charge >= 0.3 is 0 Å². The van der Waals surface area contributed by atoms with Gasteiger partial charge in [-0.25, -0.2) is 0 Å². The zero-order valence-corrected chi connectivity index (χ0v) is 9.53. The number of anilines is 1. The Balaban J connectivity index is 2.20. The number of hydrogen-bond donors (Lipinski definition) is 1. The van der Waals surface area contributed by atoms with Gasteiger partial charge < -0.3 is 10.2 Å². The molecule has 2 heterocycles. The lowest BCUT2D eigenvalue weighted by molar-refractivity contribution is 0.466. The summed E-state index contributed by atoms with van der Waals surface area (Å²) in [5.41, 5.74) is 2.50. The molecule has 0 saturated carbocycles.